The second kappa shape index (κ2) is 6.07. The molecule has 0 saturated heterocycles. The Morgan fingerprint density at radius 2 is 2.38 bits per heavy atom. The number of Topliss-reactive ketones (excluding diaryl/α,β-unsaturated/α-hetero) is 1. The van der Waals surface area contributed by atoms with Crippen molar-refractivity contribution in [2.24, 2.45) is 5.41 Å². The van der Waals surface area contributed by atoms with Gasteiger partial charge in [0.2, 0.25) is 6.54 Å². The van der Waals surface area contributed by atoms with E-state index in [9.17, 15) is 19.7 Å². The average molecular weight is 295 g/mol. The molecule has 2 atom stereocenters. The van der Waals surface area contributed by atoms with E-state index in [0.717, 1.165) is 0 Å². The third-order valence-electron chi connectivity index (χ3n) is 3.93. The number of carbonyl (C=O) groups excluding carboxylic acids is 2. The molecule has 1 aliphatic carbocycles. The van der Waals surface area contributed by atoms with E-state index in [4.69, 9.17) is 9.15 Å². The predicted molar refractivity (Wildman–Crippen MR) is 71.2 cm³/mol. The minimum Gasteiger partial charge on any atom is -0.469 e. The fourth-order valence-electron chi connectivity index (χ4n) is 3.00. The minimum atomic E-state index is -1.50. The van der Waals surface area contributed by atoms with Gasteiger partial charge in [0.05, 0.1) is 12.9 Å². The van der Waals surface area contributed by atoms with Crippen LogP contribution in [0, 0.1) is 15.5 Å². The zero-order valence-electron chi connectivity index (χ0n) is 11.7. The van der Waals surface area contributed by atoms with E-state index in [1.807, 2.05) is 0 Å². The SMILES string of the molecule is CCOC(=O)C1([C@@H](C[N+](=O)[O-])c2ccco2)CCCC1=O. The largest absolute Gasteiger partial charge is 0.469 e. The van der Waals surface area contributed by atoms with Gasteiger partial charge in [-0.25, -0.2) is 0 Å². The van der Waals surface area contributed by atoms with Crippen molar-refractivity contribution >= 4 is 11.8 Å². The van der Waals surface area contributed by atoms with E-state index in [2.05, 4.69) is 0 Å². The topological polar surface area (TPSA) is 99.7 Å². The summed E-state index contributed by atoms with van der Waals surface area (Å²) in [5.74, 6) is -1.65. The standard InChI is InChI=1S/C14H17NO6/c1-2-20-13(17)14(7-3-6-12(14)16)10(9-15(18)19)11-5-4-8-21-11/h4-5,8,10H,2-3,6-7,9H2,1H3/t10-,14?/m0/s1. The highest BCUT2D eigenvalue weighted by Gasteiger charge is 2.58. The van der Waals surface area contributed by atoms with Gasteiger partial charge in [-0.1, -0.05) is 0 Å². The molecule has 0 N–H and O–H groups in total. The molecule has 1 fully saturated rings. The van der Waals surface area contributed by atoms with Crippen LogP contribution in [0.1, 0.15) is 37.9 Å². The molecule has 7 heteroatoms. The summed E-state index contributed by atoms with van der Waals surface area (Å²) in [6.45, 7) is 1.22. The molecule has 0 amide bonds. The van der Waals surface area contributed by atoms with Gasteiger partial charge in [0.25, 0.3) is 0 Å². The number of hydrogen-bond acceptors (Lipinski definition) is 6. The van der Waals surface area contributed by atoms with Crippen LogP contribution in [-0.2, 0) is 14.3 Å². The quantitative estimate of drug-likeness (QED) is 0.344. The fraction of sp³-hybridized carbons (Fsp3) is 0.571. The van der Waals surface area contributed by atoms with E-state index in [1.54, 1.807) is 19.1 Å². The van der Waals surface area contributed by atoms with Crippen molar-refractivity contribution in [1.29, 1.82) is 0 Å². The molecule has 0 bridgehead atoms. The summed E-state index contributed by atoms with van der Waals surface area (Å²) in [6.07, 6.45) is 2.38. The number of hydrogen-bond donors (Lipinski definition) is 0. The molecular formula is C14H17NO6. The predicted octanol–water partition coefficient (Wildman–Crippen LogP) is 1.94. The number of carbonyl (C=O) groups is 2. The summed E-state index contributed by atoms with van der Waals surface area (Å²) in [6, 6.07) is 3.14. The number of furan rings is 1. The lowest BCUT2D eigenvalue weighted by molar-refractivity contribution is -0.486. The van der Waals surface area contributed by atoms with Gasteiger partial charge in [0, 0.05) is 11.3 Å². The van der Waals surface area contributed by atoms with Crippen LogP contribution in [-0.4, -0.2) is 29.8 Å². The van der Waals surface area contributed by atoms with Crippen molar-refractivity contribution < 1.29 is 23.7 Å². The van der Waals surface area contributed by atoms with Crippen LogP contribution in [0.4, 0.5) is 0 Å². The number of nitrogens with zero attached hydrogens (tertiary/aromatic N) is 1. The molecule has 21 heavy (non-hydrogen) atoms. The van der Waals surface area contributed by atoms with Crippen LogP contribution in [0.5, 0.6) is 0 Å². The first-order valence-electron chi connectivity index (χ1n) is 6.88. The molecule has 1 unspecified atom stereocenters. The lowest BCUT2D eigenvalue weighted by atomic mass is 9.71. The minimum absolute atomic E-state index is 0.122. The molecule has 1 saturated carbocycles. The molecule has 0 aliphatic heterocycles. The smallest absolute Gasteiger partial charge is 0.320 e. The first-order chi connectivity index (χ1) is 10.0. The van der Waals surface area contributed by atoms with Crippen molar-refractivity contribution in [3.8, 4) is 0 Å². The zero-order chi connectivity index (χ0) is 15.5. The molecular weight excluding hydrogens is 278 g/mol. The fourth-order valence-corrected chi connectivity index (χ4v) is 3.00. The van der Waals surface area contributed by atoms with Gasteiger partial charge in [-0.05, 0) is 31.9 Å². The Labute approximate surface area is 121 Å². The van der Waals surface area contributed by atoms with Crippen molar-refractivity contribution in [3.05, 3.63) is 34.3 Å². The van der Waals surface area contributed by atoms with Crippen molar-refractivity contribution in [3.63, 3.8) is 0 Å². The lowest BCUT2D eigenvalue weighted by Gasteiger charge is -2.30. The normalized spacial score (nSPS) is 23.0. The van der Waals surface area contributed by atoms with Gasteiger partial charge < -0.3 is 9.15 Å². The Balaban J connectivity index is 2.47. The number of ether oxygens (including phenoxy) is 1. The Morgan fingerprint density at radius 1 is 1.62 bits per heavy atom. The summed E-state index contributed by atoms with van der Waals surface area (Å²) < 4.78 is 10.3. The molecule has 1 aliphatic rings. The van der Waals surface area contributed by atoms with Crippen LogP contribution >= 0.6 is 0 Å². The maximum absolute atomic E-state index is 12.4. The first-order valence-corrected chi connectivity index (χ1v) is 6.88. The van der Waals surface area contributed by atoms with Gasteiger partial charge in [0.15, 0.2) is 5.78 Å². The van der Waals surface area contributed by atoms with Gasteiger partial charge in [-0.2, -0.15) is 0 Å². The summed E-state index contributed by atoms with van der Waals surface area (Å²) >= 11 is 0. The van der Waals surface area contributed by atoms with Gasteiger partial charge in [-0.3, -0.25) is 19.7 Å². The molecule has 0 spiro atoms. The summed E-state index contributed by atoms with van der Waals surface area (Å²) in [4.78, 5) is 35.2. The highest BCUT2D eigenvalue weighted by atomic mass is 16.6. The van der Waals surface area contributed by atoms with Gasteiger partial charge in [0.1, 0.15) is 17.1 Å². The molecule has 0 aromatic carbocycles. The summed E-state index contributed by atoms with van der Waals surface area (Å²) in [5.41, 5.74) is -1.50. The van der Waals surface area contributed by atoms with E-state index >= 15 is 0 Å². The molecule has 7 nitrogen and oxygen atoms in total. The molecule has 0 radical (unpaired) electrons. The summed E-state index contributed by atoms with van der Waals surface area (Å²) in [7, 11) is 0. The average Bonchev–Trinajstić information content (AvgIpc) is 3.06. The van der Waals surface area contributed by atoms with Gasteiger partial charge >= 0.3 is 5.97 Å². The van der Waals surface area contributed by atoms with E-state index in [-0.39, 0.29) is 31.0 Å². The van der Waals surface area contributed by atoms with Crippen LogP contribution < -0.4 is 0 Å². The first kappa shape index (κ1) is 15.2. The van der Waals surface area contributed by atoms with E-state index in [0.29, 0.717) is 6.42 Å². The maximum Gasteiger partial charge on any atom is 0.320 e. The van der Waals surface area contributed by atoms with Crippen molar-refractivity contribution in [2.75, 3.05) is 13.2 Å². The lowest BCUT2D eigenvalue weighted by Crippen LogP contribution is -2.44. The van der Waals surface area contributed by atoms with Crippen LogP contribution in [0.15, 0.2) is 22.8 Å². The molecule has 2 rings (SSSR count). The monoisotopic (exact) mass is 295 g/mol. The van der Waals surface area contributed by atoms with Crippen molar-refractivity contribution in [1.82, 2.24) is 0 Å². The number of rotatable bonds is 6. The molecule has 114 valence electrons. The van der Waals surface area contributed by atoms with E-state index in [1.165, 1.54) is 6.26 Å². The Morgan fingerprint density at radius 3 is 2.86 bits per heavy atom. The van der Waals surface area contributed by atoms with Crippen LogP contribution in [0.25, 0.3) is 0 Å². The number of ketones is 1. The van der Waals surface area contributed by atoms with Crippen LogP contribution in [0.2, 0.25) is 0 Å². The zero-order valence-corrected chi connectivity index (χ0v) is 11.7. The summed E-state index contributed by atoms with van der Waals surface area (Å²) in [5, 5.41) is 11.0. The Kier molecular flexibility index (Phi) is 4.40. The highest BCUT2D eigenvalue weighted by molar-refractivity contribution is 6.06. The third-order valence-corrected chi connectivity index (χ3v) is 3.93. The van der Waals surface area contributed by atoms with Gasteiger partial charge in [-0.15, -0.1) is 0 Å². The Hall–Kier alpha value is -2.18. The highest BCUT2D eigenvalue weighted by Crippen LogP contribution is 2.47. The number of nitro groups is 1. The van der Waals surface area contributed by atoms with Crippen LogP contribution in [0.3, 0.4) is 0 Å². The molecule has 1 aromatic rings. The second-order valence-corrected chi connectivity index (χ2v) is 5.05. The number of esters is 1. The maximum atomic E-state index is 12.4. The molecule has 1 heterocycles. The van der Waals surface area contributed by atoms with Crippen molar-refractivity contribution in [2.45, 2.75) is 32.1 Å². The second-order valence-electron chi connectivity index (χ2n) is 5.05. The third kappa shape index (κ3) is 2.68. The van der Waals surface area contributed by atoms with E-state index < -0.39 is 28.8 Å². The molecule has 1 aromatic heterocycles. The Bertz CT molecular complexity index is 538.